The summed E-state index contributed by atoms with van der Waals surface area (Å²) in [6.45, 7) is 1.49. The standard InChI is InChI=1S/C20H15ClN4O/c1-13(26)22-18-8-5-14(6-9-18)16-7-10-19-23-24-20(25(19)12-16)15-3-2-4-17(21)11-15/h2-12H,1H3,(H,22,26). The maximum absolute atomic E-state index is 11.1. The first kappa shape index (κ1) is 16.3. The molecule has 2 heterocycles. The lowest BCUT2D eigenvalue weighted by molar-refractivity contribution is -0.114. The summed E-state index contributed by atoms with van der Waals surface area (Å²) in [6, 6.07) is 19.2. The summed E-state index contributed by atoms with van der Waals surface area (Å²) in [6.07, 6.45) is 2.00. The van der Waals surface area contributed by atoms with E-state index in [0.717, 1.165) is 33.8 Å². The highest BCUT2D eigenvalue weighted by Crippen LogP contribution is 2.26. The number of carbonyl (C=O) groups excluding carboxylic acids is 1. The lowest BCUT2D eigenvalue weighted by Gasteiger charge is -2.07. The summed E-state index contributed by atoms with van der Waals surface area (Å²) in [4.78, 5) is 11.1. The molecule has 2 aromatic carbocycles. The first-order chi connectivity index (χ1) is 12.6. The lowest BCUT2D eigenvalue weighted by Crippen LogP contribution is -2.05. The molecule has 128 valence electrons. The molecule has 0 aliphatic heterocycles. The second-order valence-corrected chi connectivity index (χ2v) is 6.37. The van der Waals surface area contributed by atoms with Crippen molar-refractivity contribution in [1.29, 1.82) is 0 Å². The zero-order valence-electron chi connectivity index (χ0n) is 14.0. The molecule has 0 radical (unpaired) electrons. The Morgan fingerprint density at radius 3 is 2.46 bits per heavy atom. The summed E-state index contributed by atoms with van der Waals surface area (Å²) in [5, 5.41) is 11.9. The molecule has 0 fully saturated rings. The molecule has 0 aliphatic rings. The van der Waals surface area contributed by atoms with Crippen molar-refractivity contribution in [2.24, 2.45) is 0 Å². The van der Waals surface area contributed by atoms with E-state index in [4.69, 9.17) is 11.6 Å². The van der Waals surface area contributed by atoms with Crippen molar-refractivity contribution < 1.29 is 4.79 Å². The summed E-state index contributed by atoms with van der Waals surface area (Å²) in [7, 11) is 0. The summed E-state index contributed by atoms with van der Waals surface area (Å²) in [5.41, 5.74) is 4.50. The van der Waals surface area contributed by atoms with E-state index >= 15 is 0 Å². The van der Waals surface area contributed by atoms with E-state index in [9.17, 15) is 4.79 Å². The van der Waals surface area contributed by atoms with E-state index in [2.05, 4.69) is 15.5 Å². The number of halogens is 1. The van der Waals surface area contributed by atoms with Crippen LogP contribution in [0.4, 0.5) is 5.69 Å². The van der Waals surface area contributed by atoms with Gasteiger partial charge in [-0.25, -0.2) is 0 Å². The second-order valence-electron chi connectivity index (χ2n) is 5.94. The van der Waals surface area contributed by atoms with Gasteiger partial charge >= 0.3 is 0 Å². The number of rotatable bonds is 3. The zero-order valence-corrected chi connectivity index (χ0v) is 14.7. The molecule has 6 heteroatoms. The smallest absolute Gasteiger partial charge is 0.221 e. The minimum absolute atomic E-state index is 0.0881. The van der Waals surface area contributed by atoms with Crippen molar-refractivity contribution >= 4 is 28.8 Å². The van der Waals surface area contributed by atoms with Gasteiger partial charge in [0.05, 0.1) is 0 Å². The van der Waals surface area contributed by atoms with Gasteiger partial charge in [-0.3, -0.25) is 9.20 Å². The van der Waals surface area contributed by atoms with Gasteiger partial charge in [-0.2, -0.15) is 0 Å². The molecule has 5 nitrogen and oxygen atoms in total. The average Bonchev–Trinajstić information content (AvgIpc) is 3.05. The van der Waals surface area contributed by atoms with Crippen LogP contribution >= 0.6 is 11.6 Å². The fourth-order valence-electron chi connectivity index (χ4n) is 2.84. The molecule has 2 aromatic heterocycles. The maximum atomic E-state index is 11.1. The van der Waals surface area contributed by atoms with Crippen molar-refractivity contribution in [3.05, 3.63) is 71.9 Å². The van der Waals surface area contributed by atoms with Crippen molar-refractivity contribution in [3.63, 3.8) is 0 Å². The third kappa shape index (κ3) is 3.17. The number of fused-ring (bicyclic) bond motifs is 1. The summed E-state index contributed by atoms with van der Waals surface area (Å²) >= 11 is 6.10. The van der Waals surface area contributed by atoms with Gasteiger partial charge in [0.25, 0.3) is 0 Å². The van der Waals surface area contributed by atoms with E-state index in [0.29, 0.717) is 5.02 Å². The highest BCUT2D eigenvalue weighted by Gasteiger charge is 2.10. The SMILES string of the molecule is CC(=O)Nc1ccc(-c2ccc3nnc(-c4cccc(Cl)c4)n3c2)cc1. The Morgan fingerprint density at radius 1 is 0.962 bits per heavy atom. The molecular formula is C20H15ClN4O. The topological polar surface area (TPSA) is 59.3 Å². The molecular weight excluding hydrogens is 348 g/mol. The molecule has 1 amide bonds. The molecule has 0 unspecified atom stereocenters. The van der Waals surface area contributed by atoms with Crippen molar-refractivity contribution in [2.45, 2.75) is 6.92 Å². The van der Waals surface area contributed by atoms with Crippen LogP contribution in [0.25, 0.3) is 28.2 Å². The Hall–Kier alpha value is -3.18. The van der Waals surface area contributed by atoms with Crippen LogP contribution in [0.15, 0.2) is 66.9 Å². The predicted molar refractivity (Wildman–Crippen MR) is 103 cm³/mol. The zero-order chi connectivity index (χ0) is 18.1. The molecule has 0 aliphatic carbocycles. The van der Waals surface area contributed by atoms with Gasteiger partial charge in [0.1, 0.15) is 0 Å². The largest absolute Gasteiger partial charge is 0.326 e. The minimum Gasteiger partial charge on any atom is -0.326 e. The van der Waals surface area contributed by atoms with Crippen LogP contribution in [0.1, 0.15) is 6.92 Å². The van der Waals surface area contributed by atoms with Crippen LogP contribution < -0.4 is 5.32 Å². The number of nitrogens with zero attached hydrogens (tertiary/aromatic N) is 3. The molecule has 0 atom stereocenters. The Balaban J connectivity index is 1.75. The number of amides is 1. The number of anilines is 1. The van der Waals surface area contributed by atoms with Crippen molar-refractivity contribution in [2.75, 3.05) is 5.32 Å². The van der Waals surface area contributed by atoms with Gasteiger partial charge in [0, 0.05) is 29.4 Å². The van der Waals surface area contributed by atoms with Crippen LogP contribution in [0.5, 0.6) is 0 Å². The number of carbonyl (C=O) groups is 1. The second kappa shape index (κ2) is 6.61. The van der Waals surface area contributed by atoms with Crippen molar-refractivity contribution in [3.8, 4) is 22.5 Å². The predicted octanol–water partition coefficient (Wildman–Crippen LogP) is 4.68. The van der Waals surface area contributed by atoms with Gasteiger partial charge in [0.15, 0.2) is 11.5 Å². The summed E-state index contributed by atoms with van der Waals surface area (Å²) < 4.78 is 1.95. The highest BCUT2D eigenvalue weighted by molar-refractivity contribution is 6.30. The molecule has 0 saturated heterocycles. The van der Waals surface area contributed by atoms with E-state index in [1.54, 1.807) is 0 Å². The van der Waals surface area contributed by atoms with E-state index < -0.39 is 0 Å². The number of nitrogens with one attached hydrogen (secondary N) is 1. The van der Waals surface area contributed by atoms with Gasteiger partial charge in [-0.15, -0.1) is 10.2 Å². The number of benzene rings is 2. The quantitative estimate of drug-likeness (QED) is 0.576. The molecule has 1 N–H and O–H groups in total. The maximum Gasteiger partial charge on any atom is 0.221 e. The summed E-state index contributed by atoms with van der Waals surface area (Å²) in [5.74, 6) is 0.647. The highest BCUT2D eigenvalue weighted by atomic mass is 35.5. The third-order valence-corrected chi connectivity index (χ3v) is 4.26. The molecule has 0 spiro atoms. The monoisotopic (exact) mass is 362 g/mol. The Kier molecular flexibility index (Phi) is 4.14. The average molecular weight is 363 g/mol. The Labute approximate surface area is 155 Å². The van der Waals surface area contributed by atoms with E-state index in [1.165, 1.54) is 6.92 Å². The van der Waals surface area contributed by atoms with Gasteiger partial charge in [-0.1, -0.05) is 35.9 Å². The van der Waals surface area contributed by atoms with E-state index in [-0.39, 0.29) is 5.91 Å². The van der Waals surface area contributed by atoms with Crippen LogP contribution in [-0.2, 0) is 4.79 Å². The van der Waals surface area contributed by atoms with Gasteiger partial charge in [-0.05, 0) is 47.5 Å². The van der Waals surface area contributed by atoms with E-state index in [1.807, 2.05) is 71.3 Å². The molecule has 26 heavy (non-hydrogen) atoms. The van der Waals surface area contributed by atoms with Crippen LogP contribution in [-0.4, -0.2) is 20.5 Å². The molecule has 0 saturated carbocycles. The minimum atomic E-state index is -0.0881. The van der Waals surface area contributed by atoms with Crippen LogP contribution in [0.2, 0.25) is 5.02 Å². The number of hydrogen-bond donors (Lipinski definition) is 1. The Bertz CT molecular complexity index is 1100. The fourth-order valence-corrected chi connectivity index (χ4v) is 3.03. The molecule has 4 aromatic rings. The Morgan fingerprint density at radius 2 is 1.73 bits per heavy atom. The number of pyridine rings is 1. The van der Waals surface area contributed by atoms with Crippen LogP contribution in [0.3, 0.4) is 0 Å². The van der Waals surface area contributed by atoms with Crippen molar-refractivity contribution in [1.82, 2.24) is 14.6 Å². The first-order valence-electron chi connectivity index (χ1n) is 8.09. The normalized spacial score (nSPS) is 10.8. The third-order valence-electron chi connectivity index (χ3n) is 4.02. The molecule has 0 bridgehead atoms. The van der Waals surface area contributed by atoms with Crippen LogP contribution in [0, 0.1) is 0 Å². The fraction of sp³-hybridized carbons (Fsp3) is 0.0500. The van der Waals surface area contributed by atoms with Gasteiger partial charge < -0.3 is 5.32 Å². The number of aromatic nitrogens is 3. The number of hydrogen-bond acceptors (Lipinski definition) is 3. The lowest BCUT2D eigenvalue weighted by atomic mass is 10.1. The molecule has 4 rings (SSSR count). The first-order valence-corrected chi connectivity index (χ1v) is 8.47. The van der Waals surface area contributed by atoms with Gasteiger partial charge in [0.2, 0.25) is 5.91 Å².